The maximum Gasteiger partial charge on any atom is 0.334 e. The number of hydrogen-bond donors (Lipinski definition) is 1. The van der Waals surface area contributed by atoms with Crippen LogP contribution < -0.4 is 0 Å². The van der Waals surface area contributed by atoms with E-state index in [-0.39, 0.29) is 24.3 Å². The monoisotopic (exact) mass is 426 g/mol. The summed E-state index contributed by atoms with van der Waals surface area (Å²) in [5.41, 5.74) is -4.86. The second-order valence-electron chi connectivity index (χ2n) is 12.1. The lowest BCUT2D eigenvalue weighted by Crippen LogP contribution is -2.71. The second kappa shape index (κ2) is 4.85. The molecular weight excluding hydrogens is 396 g/mol. The molecule has 166 valence electrons. The van der Waals surface area contributed by atoms with Crippen LogP contribution >= 0.6 is 0 Å². The number of rotatable bonds is 0. The fourth-order valence-electron chi connectivity index (χ4n) is 9.69. The number of ether oxygens (including phenoxy) is 2. The Morgan fingerprint density at radius 1 is 1.06 bits per heavy atom. The summed E-state index contributed by atoms with van der Waals surface area (Å²) in [5.74, 6) is -0.777. The Hall–Kier alpha value is -1.95. The van der Waals surface area contributed by atoms with Gasteiger partial charge in [0.05, 0.1) is 16.4 Å². The predicted molar refractivity (Wildman–Crippen MR) is 109 cm³/mol. The second-order valence-corrected chi connectivity index (χ2v) is 12.1. The van der Waals surface area contributed by atoms with Crippen molar-refractivity contribution in [2.24, 2.45) is 33.0 Å². The number of carbonyl (C=O) groups is 3. The minimum absolute atomic E-state index is 0.164. The third kappa shape index (κ3) is 1.63. The van der Waals surface area contributed by atoms with E-state index in [9.17, 15) is 19.5 Å². The van der Waals surface area contributed by atoms with Crippen LogP contribution in [0.3, 0.4) is 0 Å². The molecule has 0 amide bonds. The molecule has 4 bridgehead atoms. The van der Waals surface area contributed by atoms with Gasteiger partial charge >= 0.3 is 11.9 Å². The SMILES string of the molecule is CC12C=C3C(=O)OCC34C(C)(CC3C(C)(O)C5(C=CC(=O)OC5(C)C)CCC34C1)C2=O. The lowest BCUT2D eigenvalue weighted by atomic mass is 9.35. The normalized spacial score (nSPS) is 55.6. The zero-order chi connectivity index (χ0) is 22.5. The highest BCUT2D eigenvalue weighted by Crippen LogP contribution is 2.85. The van der Waals surface area contributed by atoms with Crippen LogP contribution in [0.5, 0.6) is 0 Å². The molecule has 6 nitrogen and oxygen atoms in total. The standard InChI is InChI=1S/C25H30O6/c1-19(2)24(7-6-16(26)31-19)9-8-23-12-20(3)10-14-17(27)30-13-25(14,23)21(4,18(20)28)11-15(23)22(24,5)29/h6-7,10,15,29H,8-9,11-13H2,1-5H3. The highest BCUT2D eigenvalue weighted by atomic mass is 16.6. The van der Waals surface area contributed by atoms with Crippen LogP contribution in [0, 0.1) is 33.0 Å². The van der Waals surface area contributed by atoms with Gasteiger partial charge in [-0.05, 0) is 64.7 Å². The van der Waals surface area contributed by atoms with E-state index in [4.69, 9.17) is 9.47 Å². The number of aliphatic hydroxyl groups is 1. The van der Waals surface area contributed by atoms with Gasteiger partial charge in [-0.15, -0.1) is 0 Å². The average molecular weight is 427 g/mol. The van der Waals surface area contributed by atoms with Crippen molar-refractivity contribution < 1.29 is 29.0 Å². The molecule has 4 fully saturated rings. The quantitative estimate of drug-likeness (QED) is 0.599. The molecule has 1 N–H and O–H groups in total. The molecular formula is C25H30O6. The summed E-state index contributed by atoms with van der Waals surface area (Å²) >= 11 is 0. The predicted octanol–water partition coefficient (Wildman–Crippen LogP) is 2.88. The smallest absolute Gasteiger partial charge is 0.334 e. The van der Waals surface area contributed by atoms with Gasteiger partial charge in [-0.3, -0.25) is 4.79 Å². The largest absolute Gasteiger partial charge is 0.461 e. The number of allylic oxidation sites excluding steroid dienone is 1. The molecule has 0 aromatic heterocycles. The molecule has 7 aliphatic rings. The number of ketones is 1. The Bertz CT molecular complexity index is 1050. The third-order valence-corrected chi connectivity index (χ3v) is 10.8. The first-order valence-electron chi connectivity index (χ1n) is 11.3. The number of cyclic esters (lactones) is 2. The number of hydrogen-bond acceptors (Lipinski definition) is 6. The molecule has 6 heteroatoms. The van der Waals surface area contributed by atoms with Crippen LogP contribution in [0.2, 0.25) is 0 Å². The molecule has 3 saturated carbocycles. The minimum Gasteiger partial charge on any atom is -0.461 e. The van der Waals surface area contributed by atoms with Gasteiger partial charge in [-0.25, -0.2) is 9.59 Å². The Kier molecular flexibility index (Phi) is 3.08. The summed E-state index contributed by atoms with van der Waals surface area (Å²) in [6.07, 6.45) is 7.64. The van der Waals surface area contributed by atoms with Gasteiger partial charge in [-0.2, -0.15) is 0 Å². The van der Waals surface area contributed by atoms with E-state index in [1.807, 2.05) is 46.8 Å². The zero-order valence-electron chi connectivity index (χ0n) is 18.8. The van der Waals surface area contributed by atoms with Crippen LogP contribution in [-0.2, 0) is 23.9 Å². The lowest BCUT2D eigenvalue weighted by Gasteiger charge is -2.68. The van der Waals surface area contributed by atoms with Gasteiger partial charge in [0.1, 0.15) is 18.0 Å². The number of carbonyl (C=O) groups excluding carboxylic acids is 3. The van der Waals surface area contributed by atoms with Crippen LogP contribution in [-0.4, -0.2) is 40.6 Å². The molecule has 2 heterocycles. The van der Waals surface area contributed by atoms with Crippen molar-refractivity contribution in [1.29, 1.82) is 0 Å². The number of esters is 2. The van der Waals surface area contributed by atoms with E-state index in [1.165, 1.54) is 6.08 Å². The van der Waals surface area contributed by atoms with Crippen molar-refractivity contribution in [2.75, 3.05) is 6.61 Å². The van der Waals surface area contributed by atoms with Crippen molar-refractivity contribution >= 4 is 17.7 Å². The van der Waals surface area contributed by atoms with E-state index in [1.54, 1.807) is 0 Å². The van der Waals surface area contributed by atoms with Gasteiger partial charge in [-0.1, -0.05) is 19.1 Å². The molecule has 31 heavy (non-hydrogen) atoms. The summed E-state index contributed by atoms with van der Waals surface area (Å²) in [5, 5.41) is 12.4. The van der Waals surface area contributed by atoms with E-state index in [0.29, 0.717) is 24.8 Å². The van der Waals surface area contributed by atoms with Crippen LogP contribution in [0.1, 0.15) is 60.3 Å². The Balaban J connectivity index is 1.61. The first-order chi connectivity index (χ1) is 14.2. The maximum absolute atomic E-state index is 13.8. The highest BCUT2D eigenvalue weighted by Gasteiger charge is 2.87. The lowest BCUT2D eigenvalue weighted by molar-refractivity contribution is -0.250. The molecule has 3 spiro atoms. The molecule has 0 aromatic rings. The van der Waals surface area contributed by atoms with Gasteiger partial charge in [0.2, 0.25) is 0 Å². The van der Waals surface area contributed by atoms with E-state index in [2.05, 4.69) is 0 Å². The Labute approximate surface area is 182 Å². The molecule has 0 aromatic carbocycles. The van der Waals surface area contributed by atoms with Gasteiger partial charge in [0, 0.05) is 22.5 Å². The van der Waals surface area contributed by atoms with Crippen LogP contribution in [0.4, 0.5) is 0 Å². The van der Waals surface area contributed by atoms with Crippen molar-refractivity contribution in [3.63, 3.8) is 0 Å². The zero-order valence-corrected chi connectivity index (χ0v) is 18.8. The van der Waals surface area contributed by atoms with E-state index in [0.717, 1.165) is 6.42 Å². The summed E-state index contributed by atoms with van der Waals surface area (Å²) in [6, 6.07) is 0. The molecule has 2 aliphatic heterocycles. The summed E-state index contributed by atoms with van der Waals surface area (Å²) < 4.78 is 11.4. The minimum atomic E-state index is -1.24. The topological polar surface area (TPSA) is 89.9 Å². The fourth-order valence-corrected chi connectivity index (χ4v) is 9.69. The van der Waals surface area contributed by atoms with E-state index >= 15 is 0 Å². The summed E-state index contributed by atoms with van der Waals surface area (Å²) in [4.78, 5) is 38.7. The van der Waals surface area contributed by atoms with Gasteiger partial charge < -0.3 is 14.6 Å². The Morgan fingerprint density at radius 2 is 1.77 bits per heavy atom. The molecule has 7 unspecified atom stereocenters. The van der Waals surface area contributed by atoms with Crippen molar-refractivity contribution in [2.45, 2.75) is 71.5 Å². The van der Waals surface area contributed by atoms with Gasteiger partial charge in [0.25, 0.3) is 0 Å². The molecule has 5 aliphatic carbocycles. The van der Waals surface area contributed by atoms with Gasteiger partial charge in [0.15, 0.2) is 0 Å². The molecule has 0 radical (unpaired) electrons. The molecule has 1 saturated heterocycles. The highest BCUT2D eigenvalue weighted by molar-refractivity contribution is 6.05. The third-order valence-electron chi connectivity index (χ3n) is 10.8. The molecule has 7 atom stereocenters. The first-order valence-corrected chi connectivity index (χ1v) is 11.3. The van der Waals surface area contributed by atoms with Crippen LogP contribution in [0.15, 0.2) is 23.8 Å². The average Bonchev–Trinajstić information content (AvgIpc) is 3.09. The summed E-state index contributed by atoms with van der Waals surface area (Å²) in [7, 11) is 0. The number of Topliss-reactive ketones (excluding diaryl/α,β-unsaturated/α-hetero) is 1. The first kappa shape index (κ1) is 19.7. The van der Waals surface area contributed by atoms with Crippen LogP contribution in [0.25, 0.3) is 0 Å². The van der Waals surface area contributed by atoms with Crippen molar-refractivity contribution in [3.8, 4) is 0 Å². The molecule has 7 rings (SSSR count). The Morgan fingerprint density at radius 3 is 2.45 bits per heavy atom. The van der Waals surface area contributed by atoms with Crippen molar-refractivity contribution in [1.82, 2.24) is 0 Å². The van der Waals surface area contributed by atoms with Crippen molar-refractivity contribution in [3.05, 3.63) is 23.8 Å². The van der Waals surface area contributed by atoms with E-state index < -0.39 is 44.2 Å². The summed E-state index contributed by atoms with van der Waals surface area (Å²) in [6.45, 7) is 9.75. The fraction of sp³-hybridized carbons (Fsp3) is 0.720. The maximum atomic E-state index is 13.8.